The Hall–Kier alpha value is -0.960. The van der Waals surface area contributed by atoms with Crippen molar-refractivity contribution in [2.45, 2.75) is 48.0 Å². The van der Waals surface area contributed by atoms with E-state index in [0.29, 0.717) is 17.6 Å². The van der Waals surface area contributed by atoms with Gasteiger partial charge >= 0.3 is 0 Å². The molecular formula is C16H30O3. The van der Waals surface area contributed by atoms with Crippen molar-refractivity contribution in [2.24, 2.45) is 17.8 Å². The third kappa shape index (κ3) is 17.0. The van der Waals surface area contributed by atoms with E-state index in [9.17, 15) is 9.59 Å². The van der Waals surface area contributed by atoms with E-state index in [2.05, 4.69) is 37.7 Å². The molecular weight excluding hydrogens is 240 g/mol. The minimum absolute atomic E-state index is 0.0671. The number of ether oxygens (including phenoxy) is 1. The molecule has 1 aliphatic rings. The smallest absolute Gasteiger partial charge is 0.155 e. The molecule has 1 aliphatic carbocycles. The Morgan fingerprint density at radius 3 is 1.79 bits per heavy atom. The fourth-order valence-electron chi connectivity index (χ4n) is 1.48. The quantitative estimate of drug-likeness (QED) is 0.732. The molecule has 0 spiro atoms. The zero-order valence-corrected chi connectivity index (χ0v) is 13.5. The van der Waals surface area contributed by atoms with E-state index in [1.54, 1.807) is 6.92 Å². The van der Waals surface area contributed by atoms with Gasteiger partial charge in [-0.1, -0.05) is 32.9 Å². The fourth-order valence-corrected chi connectivity index (χ4v) is 1.48. The van der Waals surface area contributed by atoms with Crippen molar-refractivity contribution in [3.63, 3.8) is 0 Å². The molecule has 1 saturated carbocycles. The van der Waals surface area contributed by atoms with Gasteiger partial charge in [-0.05, 0) is 39.0 Å². The average molecular weight is 270 g/mol. The number of rotatable bonds is 4. The molecule has 0 aliphatic heterocycles. The van der Waals surface area contributed by atoms with Crippen LogP contribution in [0, 0.1) is 17.8 Å². The van der Waals surface area contributed by atoms with Crippen LogP contribution in [0.5, 0.6) is 0 Å². The van der Waals surface area contributed by atoms with Crippen LogP contribution in [0.25, 0.3) is 0 Å². The molecule has 3 nitrogen and oxygen atoms in total. The van der Waals surface area contributed by atoms with Crippen LogP contribution < -0.4 is 0 Å². The second-order valence-electron chi connectivity index (χ2n) is 5.33. The molecule has 112 valence electrons. The van der Waals surface area contributed by atoms with Crippen molar-refractivity contribution in [1.29, 1.82) is 0 Å². The van der Waals surface area contributed by atoms with Gasteiger partial charge in [-0.25, -0.2) is 0 Å². The van der Waals surface area contributed by atoms with Crippen LogP contribution in [-0.4, -0.2) is 25.3 Å². The largest absolute Gasteiger partial charge is 0.377 e. The zero-order chi connectivity index (χ0) is 15.4. The van der Waals surface area contributed by atoms with Crippen molar-refractivity contribution >= 4 is 11.6 Å². The summed E-state index contributed by atoms with van der Waals surface area (Å²) in [6.07, 6.45) is 5.38. The first-order chi connectivity index (χ1) is 8.76. The maximum absolute atomic E-state index is 10.4. The molecule has 2 atom stereocenters. The monoisotopic (exact) mass is 270 g/mol. The van der Waals surface area contributed by atoms with E-state index in [0.717, 1.165) is 12.3 Å². The van der Waals surface area contributed by atoms with E-state index in [1.807, 2.05) is 6.92 Å². The number of hydrogen-bond donors (Lipinski definition) is 0. The number of methoxy groups -OCH3 is 1. The highest BCUT2D eigenvalue weighted by molar-refractivity contribution is 5.81. The molecule has 1 rings (SSSR count). The molecule has 1 fully saturated rings. The van der Waals surface area contributed by atoms with Crippen LogP contribution in [0.1, 0.15) is 48.0 Å². The SMILES string of the molecule is CC(=O)C1CC1C.CC=CC(C)C.COCC(C)=O. The van der Waals surface area contributed by atoms with Gasteiger partial charge in [0.2, 0.25) is 0 Å². The van der Waals surface area contributed by atoms with E-state index in [-0.39, 0.29) is 12.4 Å². The zero-order valence-electron chi connectivity index (χ0n) is 13.5. The minimum Gasteiger partial charge on any atom is -0.377 e. The van der Waals surface area contributed by atoms with Crippen LogP contribution in [0.3, 0.4) is 0 Å². The highest BCUT2D eigenvalue weighted by Gasteiger charge is 2.36. The first-order valence-corrected chi connectivity index (χ1v) is 6.87. The Balaban J connectivity index is 0. The van der Waals surface area contributed by atoms with Crippen molar-refractivity contribution in [3.8, 4) is 0 Å². The standard InChI is InChI=1S/C6H10O.C6H12.C4H8O2/c1-4-3-6(4)5(2)7;1-4-5-6(2)3;1-4(5)3-6-2/h4,6H,3H2,1-2H3;4-6H,1-3H3;3H2,1-2H3. The summed E-state index contributed by atoms with van der Waals surface area (Å²) in [5, 5.41) is 0. The summed E-state index contributed by atoms with van der Waals surface area (Å²) in [4.78, 5) is 20.3. The summed E-state index contributed by atoms with van der Waals surface area (Å²) in [5.74, 6) is 2.28. The number of ketones is 2. The van der Waals surface area contributed by atoms with Crippen molar-refractivity contribution in [3.05, 3.63) is 12.2 Å². The first kappa shape index (κ1) is 20.4. The number of hydrogen-bond acceptors (Lipinski definition) is 3. The second kappa shape index (κ2) is 12.1. The van der Waals surface area contributed by atoms with Gasteiger partial charge in [0.05, 0.1) is 0 Å². The molecule has 0 amide bonds. The number of carbonyl (C=O) groups excluding carboxylic acids is 2. The lowest BCUT2D eigenvalue weighted by atomic mass is 10.2. The van der Waals surface area contributed by atoms with E-state index < -0.39 is 0 Å². The first-order valence-electron chi connectivity index (χ1n) is 6.87. The van der Waals surface area contributed by atoms with Gasteiger partial charge in [0.25, 0.3) is 0 Å². The molecule has 0 bridgehead atoms. The number of allylic oxidation sites excluding steroid dienone is 2. The maximum atomic E-state index is 10.4. The lowest BCUT2D eigenvalue weighted by Crippen LogP contribution is -1.98. The lowest BCUT2D eigenvalue weighted by molar-refractivity contribution is -0.120. The van der Waals surface area contributed by atoms with Gasteiger partial charge in [-0.3, -0.25) is 9.59 Å². The second-order valence-corrected chi connectivity index (χ2v) is 5.33. The molecule has 0 aromatic heterocycles. The topological polar surface area (TPSA) is 43.4 Å². The van der Waals surface area contributed by atoms with Crippen LogP contribution >= 0.6 is 0 Å². The van der Waals surface area contributed by atoms with E-state index >= 15 is 0 Å². The van der Waals surface area contributed by atoms with Crippen molar-refractivity contribution in [1.82, 2.24) is 0 Å². The summed E-state index contributed by atoms with van der Waals surface area (Å²) in [5.41, 5.74) is 0. The third-order valence-electron chi connectivity index (χ3n) is 2.56. The summed E-state index contributed by atoms with van der Waals surface area (Å²) >= 11 is 0. The van der Waals surface area contributed by atoms with Crippen LogP contribution in [0.15, 0.2) is 12.2 Å². The Morgan fingerprint density at radius 2 is 1.79 bits per heavy atom. The van der Waals surface area contributed by atoms with Crippen molar-refractivity contribution < 1.29 is 14.3 Å². The lowest BCUT2D eigenvalue weighted by Gasteiger charge is -1.86. The molecule has 19 heavy (non-hydrogen) atoms. The Morgan fingerprint density at radius 1 is 1.32 bits per heavy atom. The Kier molecular flexibility index (Phi) is 13.0. The summed E-state index contributed by atoms with van der Waals surface area (Å²) in [6.45, 7) is 11.9. The van der Waals surface area contributed by atoms with Gasteiger partial charge in [0.1, 0.15) is 12.4 Å². The van der Waals surface area contributed by atoms with Crippen molar-refractivity contribution in [2.75, 3.05) is 13.7 Å². The highest BCUT2D eigenvalue weighted by atomic mass is 16.5. The van der Waals surface area contributed by atoms with Gasteiger partial charge in [0.15, 0.2) is 5.78 Å². The predicted octanol–water partition coefficient (Wildman–Crippen LogP) is 3.67. The summed E-state index contributed by atoms with van der Waals surface area (Å²) < 4.78 is 4.45. The molecule has 0 N–H and O–H groups in total. The Bertz CT molecular complexity index is 280. The van der Waals surface area contributed by atoms with E-state index in [4.69, 9.17) is 0 Å². The van der Waals surface area contributed by atoms with Crippen LogP contribution in [0.4, 0.5) is 0 Å². The Labute approximate surface area is 118 Å². The molecule has 0 heterocycles. The minimum atomic E-state index is 0.0671. The van der Waals surface area contributed by atoms with Gasteiger partial charge in [0, 0.05) is 13.0 Å². The fraction of sp³-hybridized carbons (Fsp3) is 0.750. The van der Waals surface area contributed by atoms with Gasteiger partial charge in [-0.15, -0.1) is 0 Å². The van der Waals surface area contributed by atoms with E-state index in [1.165, 1.54) is 14.0 Å². The average Bonchev–Trinajstić information content (AvgIpc) is 2.97. The maximum Gasteiger partial charge on any atom is 0.155 e. The predicted molar refractivity (Wildman–Crippen MR) is 80.2 cm³/mol. The molecule has 0 aromatic rings. The normalized spacial score (nSPS) is 20.2. The molecule has 0 saturated heterocycles. The summed E-state index contributed by atoms with van der Waals surface area (Å²) in [6, 6.07) is 0. The van der Waals surface area contributed by atoms with Crippen LogP contribution in [-0.2, 0) is 14.3 Å². The van der Waals surface area contributed by atoms with Crippen LogP contribution in [0.2, 0.25) is 0 Å². The van der Waals surface area contributed by atoms with Gasteiger partial charge < -0.3 is 4.74 Å². The number of carbonyl (C=O) groups is 2. The highest BCUT2D eigenvalue weighted by Crippen LogP contribution is 2.37. The summed E-state index contributed by atoms with van der Waals surface area (Å²) in [7, 11) is 1.50. The molecule has 3 heteroatoms. The van der Waals surface area contributed by atoms with Gasteiger partial charge in [-0.2, -0.15) is 0 Å². The third-order valence-corrected chi connectivity index (χ3v) is 2.56. The molecule has 2 unspecified atom stereocenters. The molecule has 0 radical (unpaired) electrons. The molecule has 0 aromatic carbocycles. The number of Topliss-reactive ketones (excluding diaryl/α,β-unsaturated/α-hetero) is 2.